The van der Waals surface area contributed by atoms with E-state index < -0.39 is 0 Å². The van der Waals surface area contributed by atoms with Gasteiger partial charge in [-0.3, -0.25) is 0 Å². The molecule has 2 heteroatoms. The van der Waals surface area contributed by atoms with E-state index in [9.17, 15) is 0 Å². The number of rotatable bonds is 8. The summed E-state index contributed by atoms with van der Waals surface area (Å²) in [5.74, 6) is 0. The second-order valence-electron chi connectivity index (χ2n) is 4.15. The molecule has 0 fully saturated rings. The topological polar surface area (TPSA) is 12.9 Å². The van der Waals surface area contributed by atoms with Gasteiger partial charge < -0.3 is 0 Å². The van der Waals surface area contributed by atoms with Gasteiger partial charge in [0.1, 0.15) is 0 Å². The van der Waals surface area contributed by atoms with Gasteiger partial charge in [-0.1, -0.05) is 39.5 Å². The van der Waals surface area contributed by atoms with Crippen LogP contribution >= 0.6 is 11.3 Å². The van der Waals surface area contributed by atoms with Gasteiger partial charge in [0.05, 0.1) is 10.7 Å². The minimum absolute atomic E-state index is 1.18. The zero-order valence-corrected chi connectivity index (χ0v) is 10.9. The van der Waals surface area contributed by atoms with Gasteiger partial charge in [0.15, 0.2) is 0 Å². The van der Waals surface area contributed by atoms with E-state index in [-0.39, 0.29) is 0 Å². The van der Waals surface area contributed by atoms with Crippen LogP contribution in [0.4, 0.5) is 0 Å². The van der Waals surface area contributed by atoms with E-state index >= 15 is 0 Å². The summed E-state index contributed by atoms with van der Waals surface area (Å²) in [5.41, 5.74) is 1.32. The first-order chi connectivity index (χ1) is 7.36. The molecule has 1 heterocycles. The molecule has 0 saturated carbocycles. The quantitative estimate of drug-likeness (QED) is 0.589. The summed E-state index contributed by atoms with van der Waals surface area (Å²) in [4.78, 5) is 4.67. The lowest BCUT2D eigenvalue weighted by Crippen LogP contribution is -1.88. The first-order valence-corrected chi connectivity index (χ1v) is 7.18. The van der Waals surface area contributed by atoms with Crippen molar-refractivity contribution in [2.24, 2.45) is 0 Å². The van der Waals surface area contributed by atoms with E-state index in [1.807, 2.05) is 11.3 Å². The summed E-state index contributed by atoms with van der Waals surface area (Å²) in [6.45, 7) is 4.50. The van der Waals surface area contributed by atoms with E-state index in [4.69, 9.17) is 0 Å². The summed E-state index contributed by atoms with van der Waals surface area (Å²) in [6, 6.07) is 0. The van der Waals surface area contributed by atoms with Crippen LogP contribution in [0, 0.1) is 0 Å². The number of hydrogen-bond donors (Lipinski definition) is 0. The Labute approximate surface area is 97.9 Å². The predicted octanol–water partition coefficient (Wildman–Crippen LogP) is 4.61. The Balaban J connectivity index is 2.23. The van der Waals surface area contributed by atoms with Gasteiger partial charge in [0, 0.05) is 5.38 Å². The summed E-state index contributed by atoms with van der Waals surface area (Å²) >= 11 is 1.85. The first kappa shape index (κ1) is 12.7. The van der Waals surface area contributed by atoms with Crippen LogP contribution in [0.25, 0.3) is 0 Å². The van der Waals surface area contributed by atoms with Gasteiger partial charge in [-0.2, -0.15) is 0 Å². The molecule has 15 heavy (non-hydrogen) atoms. The molecule has 0 unspecified atom stereocenters. The highest BCUT2D eigenvalue weighted by molar-refractivity contribution is 7.09. The second-order valence-corrected chi connectivity index (χ2v) is 5.09. The average Bonchev–Trinajstić information content (AvgIpc) is 2.67. The highest BCUT2D eigenvalue weighted by Crippen LogP contribution is 2.15. The fourth-order valence-corrected chi connectivity index (χ4v) is 2.54. The van der Waals surface area contributed by atoms with Crippen LogP contribution < -0.4 is 0 Å². The van der Waals surface area contributed by atoms with Crippen molar-refractivity contribution >= 4 is 11.3 Å². The molecule has 0 aliphatic rings. The maximum atomic E-state index is 4.67. The van der Waals surface area contributed by atoms with Crippen molar-refractivity contribution in [1.82, 2.24) is 4.98 Å². The minimum Gasteiger partial charge on any atom is -0.246 e. The Morgan fingerprint density at radius 3 is 2.33 bits per heavy atom. The van der Waals surface area contributed by atoms with Crippen LogP contribution in [0.15, 0.2) is 5.38 Å². The molecule has 1 aromatic rings. The third kappa shape index (κ3) is 5.31. The highest BCUT2D eigenvalue weighted by atomic mass is 32.1. The minimum atomic E-state index is 1.18. The summed E-state index contributed by atoms with van der Waals surface area (Å²) in [6.07, 6.45) is 10.2. The normalized spacial score (nSPS) is 10.8. The predicted molar refractivity (Wildman–Crippen MR) is 68.6 cm³/mol. The molecule has 0 spiro atoms. The van der Waals surface area contributed by atoms with Crippen molar-refractivity contribution in [1.29, 1.82) is 0 Å². The van der Waals surface area contributed by atoms with Crippen LogP contribution in [0.5, 0.6) is 0 Å². The maximum absolute atomic E-state index is 4.67. The Bertz CT molecular complexity index is 230. The number of nitrogens with zero attached hydrogens (tertiary/aromatic N) is 1. The smallest absolute Gasteiger partial charge is 0.0928 e. The van der Waals surface area contributed by atoms with Gasteiger partial charge in [-0.05, 0) is 25.7 Å². The Morgan fingerprint density at radius 2 is 1.67 bits per heavy atom. The van der Waals surface area contributed by atoms with Crippen LogP contribution in [0.3, 0.4) is 0 Å². The van der Waals surface area contributed by atoms with Gasteiger partial charge in [-0.15, -0.1) is 11.3 Å². The van der Waals surface area contributed by atoms with Gasteiger partial charge in [-0.25, -0.2) is 4.98 Å². The van der Waals surface area contributed by atoms with Gasteiger partial charge in [0.25, 0.3) is 0 Å². The summed E-state index contributed by atoms with van der Waals surface area (Å²) < 4.78 is 0. The molecule has 0 aliphatic carbocycles. The lowest BCUT2D eigenvalue weighted by molar-refractivity contribution is 0.697. The van der Waals surface area contributed by atoms with Crippen LogP contribution in [0.1, 0.15) is 63.1 Å². The molecular weight excluding hydrogens is 202 g/mol. The summed E-state index contributed by atoms with van der Waals surface area (Å²) in [7, 11) is 0. The number of thiazole rings is 1. The van der Waals surface area contributed by atoms with Crippen molar-refractivity contribution in [3.8, 4) is 0 Å². The zero-order valence-electron chi connectivity index (χ0n) is 10.1. The molecule has 0 aliphatic heterocycles. The van der Waals surface area contributed by atoms with Crippen molar-refractivity contribution in [3.63, 3.8) is 0 Å². The van der Waals surface area contributed by atoms with Crippen molar-refractivity contribution < 1.29 is 0 Å². The maximum Gasteiger partial charge on any atom is 0.0928 e. The monoisotopic (exact) mass is 225 g/mol. The molecule has 1 rings (SSSR count). The highest BCUT2D eigenvalue weighted by Gasteiger charge is 2.01. The molecule has 0 radical (unpaired) electrons. The summed E-state index contributed by atoms with van der Waals surface area (Å²) in [5, 5.41) is 3.59. The molecule has 0 atom stereocenters. The molecule has 1 aromatic heterocycles. The van der Waals surface area contributed by atoms with Crippen LogP contribution in [-0.2, 0) is 12.8 Å². The zero-order chi connectivity index (χ0) is 10.9. The Kier molecular flexibility index (Phi) is 6.66. The third-order valence-corrected chi connectivity index (χ3v) is 3.59. The molecule has 1 nitrogen and oxygen atoms in total. The van der Waals surface area contributed by atoms with Crippen LogP contribution in [-0.4, -0.2) is 4.98 Å². The molecular formula is C13H23NS. The fourth-order valence-electron chi connectivity index (χ4n) is 1.66. The molecule has 0 aromatic carbocycles. The van der Waals surface area contributed by atoms with Gasteiger partial charge in [0.2, 0.25) is 0 Å². The number of unbranched alkanes of at least 4 members (excludes halogenated alkanes) is 4. The van der Waals surface area contributed by atoms with E-state index in [1.165, 1.54) is 62.1 Å². The van der Waals surface area contributed by atoms with Gasteiger partial charge >= 0.3 is 0 Å². The standard InChI is InChI=1S/C13H23NS/c1-3-5-7-9-12-11-15-13(14-12)10-8-6-4-2/h11H,3-10H2,1-2H3. The largest absolute Gasteiger partial charge is 0.246 e. The Morgan fingerprint density at radius 1 is 1.00 bits per heavy atom. The lowest BCUT2D eigenvalue weighted by atomic mass is 10.2. The lowest BCUT2D eigenvalue weighted by Gasteiger charge is -1.95. The number of hydrogen-bond acceptors (Lipinski definition) is 2. The first-order valence-electron chi connectivity index (χ1n) is 6.30. The van der Waals surface area contributed by atoms with Crippen LogP contribution in [0.2, 0.25) is 0 Å². The molecule has 0 N–H and O–H groups in total. The molecule has 0 bridgehead atoms. The fraction of sp³-hybridized carbons (Fsp3) is 0.769. The Hall–Kier alpha value is -0.370. The number of aromatic nitrogens is 1. The molecule has 0 amide bonds. The number of aryl methyl sites for hydroxylation is 2. The molecule has 86 valence electrons. The van der Waals surface area contributed by atoms with E-state index in [0.717, 1.165) is 0 Å². The second kappa shape index (κ2) is 7.86. The molecule has 0 saturated heterocycles. The average molecular weight is 225 g/mol. The SMILES string of the molecule is CCCCCc1csc(CCCCC)n1. The van der Waals surface area contributed by atoms with E-state index in [0.29, 0.717) is 0 Å². The van der Waals surface area contributed by atoms with Crippen molar-refractivity contribution in [3.05, 3.63) is 16.1 Å². The van der Waals surface area contributed by atoms with Crippen molar-refractivity contribution in [2.45, 2.75) is 65.2 Å². The van der Waals surface area contributed by atoms with Crippen molar-refractivity contribution in [2.75, 3.05) is 0 Å². The van der Waals surface area contributed by atoms with E-state index in [1.54, 1.807) is 0 Å². The third-order valence-electron chi connectivity index (χ3n) is 2.63. The van der Waals surface area contributed by atoms with E-state index in [2.05, 4.69) is 24.2 Å².